The van der Waals surface area contributed by atoms with Crippen LogP contribution in [-0.2, 0) is 20.8 Å². The summed E-state index contributed by atoms with van der Waals surface area (Å²) in [5.74, 6) is -1.36. The van der Waals surface area contributed by atoms with Crippen molar-refractivity contribution in [3.05, 3.63) is 35.4 Å². The highest BCUT2D eigenvalue weighted by atomic mass is 32.2. The Balaban J connectivity index is 1.77. The number of amides is 2. The first-order valence-corrected chi connectivity index (χ1v) is 14.8. The Morgan fingerprint density at radius 2 is 1.82 bits per heavy atom. The predicted octanol–water partition coefficient (Wildman–Crippen LogP) is 4.13. The fraction of sp³-hybridized carbons (Fsp3) is 0.704. The molecule has 4 atom stereocenters. The van der Waals surface area contributed by atoms with Gasteiger partial charge in [0.1, 0.15) is 6.04 Å². The standard InChI is InChI=1S/C27H40F3N3O4S/c1-17(2)32(6)21-10-11-23(19(15-21)16-38(36,37)26(3,4)5)33-13-12-22(25(33)35)31-24(34)18-8-7-9-20(14-18)27(28,29)30/h7-9,14,17,19,21-23H,10-13,15-16H2,1-6H3,(H,31,34)/t19-,21+,22?,23-/m0/s1. The average Bonchev–Trinajstić information content (AvgIpc) is 3.16. The third kappa shape index (κ3) is 6.70. The number of hydrogen-bond acceptors (Lipinski definition) is 5. The Hall–Kier alpha value is -2.14. The van der Waals surface area contributed by atoms with E-state index >= 15 is 0 Å². The summed E-state index contributed by atoms with van der Waals surface area (Å²) in [6.45, 7) is 9.58. The van der Waals surface area contributed by atoms with Gasteiger partial charge in [-0.05, 0) is 91.5 Å². The zero-order valence-corrected chi connectivity index (χ0v) is 23.8. The zero-order chi connectivity index (χ0) is 28.6. The van der Waals surface area contributed by atoms with Crippen LogP contribution in [0.25, 0.3) is 0 Å². The minimum Gasteiger partial charge on any atom is -0.340 e. The predicted molar refractivity (Wildman–Crippen MR) is 140 cm³/mol. The lowest BCUT2D eigenvalue weighted by Crippen LogP contribution is -2.53. The van der Waals surface area contributed by atoms with E-state index in [1.165, 1.54) is 6.07 Å². The number of likely N-dealkylation sites (tertiary alicyclic amines) is 1. The van der Waals surface area contributed by atoms with Gasteiger partial charge in [-0.1, -0.05) is 6.07 Å². The first-order chi connectivity index (χ1) is 17.4. The molecule has 38 heavy (non-hydrogen) atoms. The second kappa shape index (κ2) is 11.2. The van der Waals surface area contributed by atoms with Crippen LogP contribution in [-0.4, -0.2) is 78.3 Å². The minimum absolute atomic E-state index is 0.0331. The second-order valence-electron chi connectivity index (χ2n) is 11.9. The molecule has 1 heterocycles. The number of carbonyl (C=O) groups is 2. The molecule has 1 aromatic rings. The summed E-state index contributed by atoms with van der Waals surface area (Å²) < 4.78 is 64.6. The van der Waals surface area contributed by atoms with Crippen molar-refractivity contribution in [3.8, 4) is 0 Å². The van der Waals surface area contributed by atoms with Crippen molar-refractivity contribution in [2.45, 2.75) is 95.4 Å². The maximum atomic E-state index is 13.4. The molecule has 2 fully saturated rings. The quantitative estimate of drug-likeness (QED) is 0.543. The van der Waals surface area contributed by atoms with Gasteiger partial charge in [-0.15, -0.1) is 0 Å². The molecule has 0 bridgehead atoms. The summed E-state index contributed by atoms with van der Waals surface area (Å²) >= 11 is 0. The molecule has 0 radical (unpaired) electrons. The molecule has 1 saturated heterocycles. The van der Waals surface area contributed by atoms with E-state index in [0.717, 1.165) is 24.6 Å². The smallest absolute Gasteiger partial charge is 0.340 e. The van der Waals surface area contributed by atoms with Crippen LogP contribution in [0.1, 0.15) is 76.2 Å². The van der Waals surface area contributed by atoms with E-state index in [9.17, 15) is 31.2 Å². The van der Waals surface area contributed by atoms with Gasteiger partial charge in [-0.2, -0.15) is 13.2 Å². The average molecular weight is 560 g/mol. The first kappa shape index (κ1) is 30.4. The van der Waals surface area contributed by atoms with Gasteiger partial charge in [0.05, 0.1) is 16.1 Å². The number of carbonyl (C=O) groups excluding carboxylic acids is 2. The molecule has 11 heteroatoms. The van der Waals surface area contributed by atoms with Crippen molar-refractivity contribution >= 4 is 21.7 Å². The number of halogens is 3. The number of nitrogens with zero attached hydrogens (tertiary/aromatic N) is 2. The molecule has 2 aliphatic rings. The molecular weight excluding hydrogens is 519 g/mol. The van der Waals surface area contributed by atoms with Crippen molar-refractivity contribution in [2.24, 2.45) is 5.92 Å². The number of hydrogen-bond donors (Lipinski definition) is 1. The summed E-state index contributed by atoms with van der Waals surface area (Å²) in [5.41, 5.74) is -1.10. The molecule has 1 unspecified atom stereocenters. The molecule has 1 saturated carbocycles. The largest absolute Gasteiger partial charge is 0.416 e. The maximum Gasteiger partial charge on any atom is 0.416 e. The van der Waals surface area contributed by atoms with Crippen LogP contribution in [0.15, 0.2) is 24.3 Å². The summed E-state index contributed by atoms with van der Waals surface area (Å²) in [7, 11) is -1.42. The molecule has 0 spiro atoms. The minimum atomic E-state index is -4.58. The van der Waals surface area contributed by atoms with E-state index in [1.54, 1.807) is 25.7 Å². The number of sulfone groups is 1. The summed E-state index contributed by atoms with van der Waals surface area (Å²) in [5, 5.41) is 2.60. The van der Waals surface area contributed by atoms with E-state index in [1.807, 2.05) is 7.05 Å². The Morgan fingerprint density at radius 3 is 2.39 bits per heavy atom. The van der Waals surface area contributed by atoms with Gasteiger partial charge >= 0.3 is 6.18 Å². The van der Waals surface area contributed by atoms with Crippen LogP contribution < -0.4 is 5.32 Å². The van der Waals surface area contributed by atoms with E-state index in [-0.39, 0.29) is 35.2 Å². The molecule has 7 nitrogen and oxygen atoms in total. The van der Waals surface area contributed by atoms with Gasteiger partial charge in [0.15, 0.2) is 9.84 Å². The van der Waals surface area contributed by atoms with Gasteiger partial charge in [0.25, 0.3) is 5.91 Å². The van der Waals surface area contributed by atoms with Crippen LogP contribution in [0.5, 0.6) is 0 Å². The van der Waals surface area contributed by atoms with Gasteiger partial charge in [-0.3, -0.25) is 9.59 Å². The number of alkyl halides is 3. The molecule has 1 aromatic carbocycles. The highest BCUT2D eigenvalue weighted by Gasteiger charge is 2.45. The van der Waals surface area contributed by atoms with E-state index in [2.05, 4.69) is 24.1 Å². The molecule has 0 aromatic heterocycles. The molecule has 1 N–H and O–H groups in total. The first-order valence-electron chi connectivity index (χ1n) is 13.1. The van der Waals surface area contributed by atoms with Crippen LogP contribution >= 0.6 is 0 Å². The molecular formula is C27H40F3N3O4S. The lowest BCUT2D eigenvalue weighted by molar-refractivity contribution is -0.137. The normalized spacial score (nSPS) is 25.3. The van der Waals surface area contributed by atoms with Gasteiger partial charge < -0.3 is 15.1 Å². The molecule has 214 valence electrons. The highest BCUT2D eigenvalue weighted by Crippen LogP contribution is 2.36. The highest BCUT2D eigenvalue weighted by molar-refractivity contribution is 7.92. The van der Waals surface area contributed by atoms with E-state index in [4.69, 9.17) is 0 Å². The second-order valence-corrected chi connectivity index (χ2v) is 14.7. The van der Waals surface area contributed by atoms with Gasteiger partial charge in [0.2, 0.25) is 5.91 Å². The lowest BCUT2D eigenvalue weighted by Gasteiger charge is -2.45. The Kier molecular flexibility index (Phi) is 8.92. The molecule has 3 rings (SSSR count). The Bertz CT molecular complexity index is 1130. The summed E-state index contributed by atoms with van der Waals surface area (Å²) in [4.78, 5) is 30.1. The van der Waals surface area contributed by atoms with Crippen molar-refractivity contribution in [1.29, 1.82) is 0 Å². The number of benzene rings is 1. The summed E-state index contributed by atoms with van der Waals surface area (Å²) in [6, 6.07) is 3.43. The van der Waals surface area contributed by atoms with Crippen molar-refractivity contribution in [2.75, 3.05) is 19.3 Å². The van der Waals surface area contributed by atoms with Crippen LogP contribution in [0, 0.1) is 5.92 Å². The molecule has 2 amide bonds. The zero-order valence-electron chi connectivity index (χ0n) is 23.0. The Labute approximate surface area is 224 Å². The van der Waals surface area contributed by atoms with Crippen LogP contribution in [0.2, 0.25) is 0 Å². The van der Waals surface area contributed by atoms with Crippen molar-refractivity contribution in [1.82, 2.24) is 15.1 Å². The third-order valence-corrected chi connectivity index (χ3v) is 10.8. The van der Waals surface area contributed by atoms with Gasteiger partial charge in [-0.25, -0.2) is 8.42 Å². The third-order valence-electron chi connectivity index (χ3n) is 8.07. The van der Waals surface area contributed by atoms with E-state index < -0.39 is 38.3 Å². The SMILES string of the molecule is CC(C)N(C)[C@@H]1CC[C@H](N2CCC(NC(=O)c3cccc(C(F)(F)F)c3)C2=O)[C@H](CS(=O)(=O)C(C)(C)C)C1. The van der Waals surface area contributed by atoms with Crippen LogP contribution in [0.3, 0.4) is 0 Å². The van der Waals surface area contributed by atoms with Gasteiger partial charge in [0, 0.05) is 30.2 Å². The fourth-order valence-electron chi connectivity index (χ4n) is 5.38. The summed E-state index contributed by atoms with van der Waals surface area (Å²) in [6.07, 6.45) is -2.17. The molecule has 1 aliphatic carbocycles. The Morgan fingerprint density at radius 1 is 1.16 bits per heavy atom. The monoisotopic (exact) mass is 559 g/mol. The lowest BCUT2D eigenvalue weighted by atomic mass is 9.81. The van der Waals surface area contributed by atoms with Crippen LogP contribution in [0.4, 0.5) is 13.2 Å². The number of nitrogens with one attached hydrogen (secondary N) is 1. The molecule has 1 aliphatic heterocycles. The number of rotatable bonds is 7. The maximum absolute atomic E-state index is 13.4. The topological polar surface area (TPSA) is 86.8 Å². The van der Waals surface area contributed by atoms with Crippen molar-refractivity contribution < 1.29 is 31.2 Å². The van der Waals surface area contributed by atoms with Crippen molar-refractivity contribution in [3.63, 3.8) is 0 Å². The fourth-order valence-corrected chi connectivity index (χ4v) is 6.80. The van der Waals surface area contributed by atoms with E-state index in [0.29, 0.717) is 31.8 Å².